The van der Waals surface area contributed by atoms with E-state index in [-0.39, 0.29) is 5.02 Å². The van der Waals surface area contributed by atoms with Crippen molar-refractivity contribution < 1.29 is 23.8 Å². The monoisotopic (exact) mass is 232 g/mol. The molecule has 0 aromatic heterocycles. The molecule has 80 valence electrons. The average molecular weight is 233 g/mol. The number of ether oxygens (including phenoxy) is 1. The highest BCUT2D eigenvalue weighted by molar-refractivity contribution is 6.31. The Labute approximate surface area is 89.2 Å². The van der Waals surface area contributed by atoms with Crippen LogP contribution in [0.15, 0.2) is 12.1 Å². The third-order valence-corrected chi connectivity index (χ3v) is 2.01. The highest BCUT2D eigenvalue weighted by Gasteiger charge is 2.23. The van der Waals surface area contributed by atoms with Crippen molar-refractivity contribution in [2.24, 2.45) is 0 Å². The summed E-state index contributed by atoms with van der Waals surface area (Å²) < 4.78 is 17.6. The molecule has 0 aliphatic carbocycles. The fourth-order valence-corrected chi connectivity index (χ4v) is 1.19. The largest absolute Gasteiger partial charge is 0.478 e. The van der Waals surface area contributed by atoms with Gasteiger partial charge in [0, 0.05) is 0 Å². The lowest BCUT2D eigenvalue weighted by atomic mass is 10.1. The topological polar surface area (TPSA) is 63.6 Å². The molecule has 0 aliphatic heterocycles. The maximum atomic E-state index is 13.4. The molecule has 4 nitrogen and oxygen atoms in total. The summed E-state index contributed by atoms with van der Waals surface area (Å²) in [6.07, 6.45) is 0. The summed E-state index contributed by atoms with van der Waals surface area (Å²) >= 11 is 5.42. The number of benzene rings is 1. The smallest absolute Gasteiger partial charge is 0.341 e. The lowest BCUT2D eigenvalue weighted by Gasteiger charge is -2.06. The van der Waals surface area contributed by atoms with Crippen LogP contribution in [0.5, 0.6) is 0 Å². The van der Waals surface area contributed by atoms with Crippen LogP contribution in [-0.4, -0.2) is 24.2 Å². The normalized spacial score (nSPS) is 9.80. The van der Waals surface area contributed by atoms with Gasteiger partial charge >= 0.3 is 11.9 Å². The first kappa shape index (κ1) is 11.5. The summed E-state index contributed by atoms with van der Waals surface area (Å²) in [4.78, 5) is 21.8. The van der Waals surface area contributed by atoms with E-state index < -0.39 is 28.9 Å². The van der Waals surface area contributed by atoms with Gasteiger partial charge in [-0.2, -0.15) is 0 Å². The van der Waals surface area contributed by atoms with Crippen LogP contribution >= 0.6 is 11.6 Å². The van der Waals surface area contributed by atoms with E-state index >= 15 is 0 Å². The summed E-state index contributed by atoms with van der Waals surface area (Å²) in [5, 5.41) is 8.37. The van der Waals surface area contributed by atoms with E-state index in [0.29, 0.717) is 0 Å². The van der Waals surface area contributed by atoms with E-state index in [1.165, 1.54) is 0 Å². The molecule has 1 rings (SSSR count). The van der Waals surface area contributed by atoms with E-state index in [2.05, 4.69) is 4.74 Å². The van der Waals surface area contributed by atoms with Crippen molar-refractivity contribution in [3.63, 3.8) is 0 Å². The first-order chi connectivity index (χ1) is 6.99. The average Bonchev–Trinajstić information content (AvgIpc) is 2.20. The van der Waals surface area contributed by atoms with Crippen LogP contribution < -0.4 is 0 Å². The molecular weight excluding hydrogens is 227 g/mol. The molecule has 0 unspecified atom stereocenters. The highest BCUT2D eigenvalue weighted by Crippen LogP contribution is 2.22. The summed E-state index contributed by atoms with van der Waals surface area (Å²) in [7, 11) is 1.02. The van der Waals surface area contributed by atoms with Crippen LogP contribution in [0.1, 0.15) is 20.7 Å². The van der Waals surface area contributed by atoms with Crippen molar-refractivity contribution in [3.8, 4) is 0 Å². The van der Waals surface area contributed by atoms with E-state index in [4.69, 9.17) is 16.7 Å². The van der Waals surface area contributed by atoms with Crippen LogP contribution in [0.25, 0.3) is 0 Å². The second kappa shape index (κ2) is 4.27. The number of carboxylic acids is 1. The number of hydrogen-bond donors (Lipinski definition) is 1. The minimum atomic E-state index is -1.43. The van der Waals surface area contributed by atoms with Crippen molar-refractivity contribution in [1.82, 2.24) is 0 Å². The van der Waals surface area contributed by atoms with Crippen molar-refractivity contribution >= 4 is 23.5 Å². The number of methoxy groups -OCH3 is 1. The molecule has 0 saturated heterocycles. The van der Waals surface area contributed by atoms with Gasteiger partial charge in [-0.05, 0) is 12.1 Å². The van der Waals surface area contributed by atoms with Crippen LogP contribution in [0.4, 0.5) is 4.39 Å². The molecule has 0 heterocycles. The van der Waals surface area contributed by atoms with Crippen LogP contribution in [0.3, 0.4) is 0 Å². The quantitative estimate of drug-likeness (QED) is 0.792. The summed E-state index contributed by atoms with van der Waals surface area (Å²) in [5.41, 5.74) is -1.15. The Morgan fingerprint density at radius 2 is 2.07 bits per heavy atom. The molecule has 0 aliphatic rings. The van der Waals surface area contributed by atoms with Gasteiger partial charge in [-0.1, -0.05) is 11.6 Å². The summed E-state index contributed by atoms with van der Waals surface area (Å²) in [6, 6.07) is 2.10. The zero-order valence-corrected chi connectivity index (χ0v) is 8.34. The first-order valence-electron chi connectivity index (χ1n) is 3.78. The minimum Gasteiger partial charge on any atom is -0.478 e. The Balaban J connectivity index is 3.48. The van der Waals surface area contributed by atoms with Crippen LogP contribution in [-0.2, 0) is 4.74 Å². The zero-order valence-electron chi connectivity index (χ0n) is 7.58. The molecule has 0 amide bonds. The van der Waals surface area contributed by atoms with Gasteiger partial charge in [-0.15, -0.1) is 0 Å². The van der Waals surface area contributed by atoms with Crippen molar-refractivity contribution in [3.05, 3.63) is 34.1 Å². The second-order valence-corrected chi connectivity index (χ2v) is 2.99. The zero-order chi connectivity index (χ0) is 11.6. The number of rotatable bonds is 2. The van der Waals surface area contributed by atoms with E-state index in [0.717, 1.165) is 19.2 Å². The number of halogens is 2. The van der Waals surface area contributed by atoms with Gasteiger partial charge in [0.2, 0.25) is 0 Å². The Kier molecular flexibility index (Phi) is 3.26. The molecule has 0 saturated carbocycles. The Morgan fingerprint density at radius 1 is 1.47 bits per heavy atom. The molecule has 15 heavy (non-hydrogen) atoms. The predicted octanol–water partition coefficient (Wildman–Crippen LogP) is 1.96. The van der Waals surface area contributed by atoms with Gasteiger partial charge in [0.1, 0.15) is 5.56 Å². The molecule has 0 spiro atoms. The Morgan fingerprint density at radius 3 is 2.53 bits per heavy atom. The molecule has 0 atom stereocenters. The van der Waals surface area contributed by atoms with Gasteiger partial charge < -0.3 is 9.84 Å². The number of carbonyl (C=O) groups excluding carboxylic acids is 1. The summed E-state index contributed by atoms with van der Waals surface area (Å²) in [6.45, 7) is 0. The van der Waals surface area contributed by atoms with Gasteiger partial charge in [-0.25, -0.2) is 14.0 Å². The number of hydrogen-bond acceptors (Lipinski definition) is 3. The number of carboxylic acid groups (broad SMARTS) is 1. The van der Waals surface area contributed by atoms with Crippen molar-refractivity contribution in [2.45, 2.75) is 0 Å². The molecule has 1 N–H and O–H groups in total. The lowest BCUT2D eigenvalue weighted by molar-refractivity contribution is 0.0577. The first-order valence-corrected chi connectivity index (χ1v) is 4.16. The van der Waals surface area contributed by atoms with E-state index in [9.17, 15) is 14.0 Å². The predicted molar refractivity (Wildman–Crippen MR) is 49.7 cm³/mol. The van der Waals surface area contributed by atoms with Gasteiger partial charge in [0.15, 0.2) is 5.82 Å². The third kappa shape index (κ3) is 2.07. The maximum absolute atomic E-state index is 13.4. The van der Waals surface area contributed by atoms with Gasteiger partial charge in [0.25, 0.3) is 0 Å². The molecule has 0 fully saturated rings. The second-order valence-electron chi connectivity index (χ2n) is 2.58. The third-order valence-electron chi connectivity index (χ3n) is 1.71. The van der Waals surface area contributed by atoms with Crippen LogP contribution in [0, 0.1) is 5.82 Å². The summed E-state index contributed by atoms with van der Waals surface area (Å²) in [5.74, 6) is -3.60. The van der Waals surface area contributed by atoms with Crippen molar-refractivity contribution in [1.29, 1.82) is 0 Å². The van der Waals surface area contributed by atoms with E-state index in [1.54, 1.807) is 0 Å². The van der Waals surface area contributed by atoms with E-state index in [1.807, 2.05) is 0 Å². The molecule has 1 aromatic rings. The van der Waals surface area contributed by atoms with Gasteiger partial charge in [0.05, 0.1) is 17.7 Å². The fraction of sp³-hybridized carbons (Fsp3) is 0.111. The minimum absolute atomic E-state index is 0.333. The standard InChI is InChI=1S/C9H6ClFO4/c1-15-9(14)6-4(8(12)13)2-3-5(10)7(6)11/h2-3H,1H3,(H,12,13). The molecule has 0 radical (unpaired) electrons. The Hall–Kier alpha value is -1.62. The number of aromatic carboxylic acids is 1. The van der Waals surface area contributed by atoms with Crippen LogP contribution in [0.2, 0.25) is 5.02 Å². The van der Waals surface area contributed by atoms with Gasteiger partial charge in [-0.3, -0.25) is 0 Å². The molecule has 1 aromatic carbocycles. The number of carbonyl (C=O) groups is 2. The Bertz CT molecular complexity index is 430. The molecular formula is C9H6ClFO4. The molecule has 6 heteroatoms. The number of esters is 1. The molecule has 0 bridgehead atoms. The van der Waals surface area contributed by atoms with Crippen molar-refractivity contribution in [2.75, 3.05) is 7.11 Å². The highest BCUT2D eigenvalue weighted by atomic mass is 35.5. The maximum Gasteiger partial charge on any atom is 0.341 e. The lowest BCUT2D eigenvalue weighted by Crippen LogP contribution is -2.12. The SMILES string of the molecule is COC(=O)c1c(C(=O)O)ccc(Cl)c1F. The fourth-order valence-electron chi connectivity index (χ4n) is 1.03.